The summed E-state index contributed by atoms with van der Waals surface area (Å²) in [6, 6.07) is 7.21. The molecular formula is C20H17N5O3. The lowest BCUT2D eigenvalue weighted by atomic mass is 10.1. The molecule has 1 N–H and O–H groups in total. The molecule has 0 spiro atoms. The quantitative estimate of drug-likeness (QED) is 0.673. The molecule has 0 amide bonds. The molecule has 4 rings (SSSR count). The van der Waals surface area contributed by atoms with Crippen LogP contribution in [0.15, 0.2) is 41.4 Å². The summed E-state index contributed by atoms with van der Waals surface area (Å²) in [5.74, 6) is 0.996. The van der Waals surface area contributed by atoms with Crippen LogP contribution in [0.2, 0.25) is 0 Å². The van der Waals surface area contributed by atoms with Gasteiger partial charge in [0.25, 0.3) is 0 Å². The third-order valence-electron chi connectivity index (χ3n) is 4.42. The fourth-order valence-electron chi connectivity index (χ4n) is 3.03. The number of ether oxygens (including phenoxy) is 1. The Kier molecular flexibility index (Phi) is 4.97. The summed E-state index contributed by atoms with van der Waals surface area (Å²) >= 11 is 0. The van der Waals surface area contributed by atoms with Crippen LogP contribution in [0.5, 0.6) is 5.75 Å². The number of aryl methyl sites for hydroxylation is 1. The molecule has 0 radical (unpaired) electrons. The predicted molar refractivity (Wildman–Crippen MR) is 99.2 cm³/mol. The van der Waals surface area contributed by atoms with Gasteiger partial charge in [-0.15, -0.1) is 0 Å². The predicted octanol–water partition coefficient (Wildman–Crippen LogP) is 3.57. The molecule has 1 aliphatic carbocycles. The largest absolute Gasteiger partial charge is 0.489 e. The molecule has 1 aliphatic rings. The van der Waals surface area contributed by atoms with Gasteiger partial charge in [0.2, 0.25) is 5.95 Å². The molecule has 8 nitrogen and oxygen atoms in total. The van der Waals surface area contributed by atoms with E-state index in [4.69, 9.17) is 9.26 Å². The summed E-state index contributed by atoms with van der Waals surface area (Å²) in [6.07, 6.45) is 7.74. The number of nitrogens with zero attached hydrogens (tertiary/aromatic N) is 4. The van der Waals surface area contributed by atoms with Crippen molar-refractivity contribution in [2.24, 2.45) is 0 Å². The van der Waals surface area contributed by atoms with E-state index in [1.54, 1.807) is 30.6 Å². The molecular weight excluding hydrogens is 358 g/mol. The average Bonchev–Trinajstić information content (AvgIpc) is 3.16. The maximum atomic E-state index is 12.1. The number of benzene rings is 1. The number of ketones is 1. The van der Waals surface area contributed by atoms with Gasteiger partial charge in [0.05, 0.1) is 29.1 Å². The Morgan fingerprint density at radius 3 is 2.93 bits per heavy atom. The Morgan fingerprint density at radius 2 is 2.11 bits per heavy atom. The van der Waals surface area contributed by atoms with Gasteiger partial charge in [0.1, 0.15) is 18.6 Å². The number of hydrogen-bond donors (Lipinski definition) is 1. The number of anilines is 2. The summed E-state index contributed by atoms with van der Waals surface area (Å²) < 4.78 is 10.5. The smallest absolute Gasteiger partial charge is 0.227 e. The number of nitrogens with one attached hydrogen (secondary N) is 1. The average molecular weight is 375 g/mol. The van der Waals surface area contributed by atoms with Gasteiger partial charge in [-0.05, 0) is 31.4 Å². The Labute approximate surface area is 161 Å². The van der Waals surface area contributed by atoms with Crippen LogP contribution >= 0.6 is 0 Å². The third-order valence-corrected chi connectivity index (χ3v) is 4.42. The number of nitriles is 1. The highest BCUT2D eigenvalue weighted by atomic mass is 16.5. The summed E-state index contributed by atoms with van der Waals surface area (Å²) in [5, 5.41) is 16.0. The Morgan fingerprint density at radius 1 is 1.21 bits per heavy atom. The van der Waals surface area contributed by atoms with E-state index in [1.807, 2.05) is 0 Å². The van der Waals surface area contributed by atoms with E-state index in [9.17, 15) is 10.1 Å². The molecule has 2 heterocycles. The standard InChI is InChI=1S/C20H17N5O3/c21-8-13-5-15(7-16(6-13)27-11-14-9-23-28-12-14)24-20-22-10-17-18(25-20)3-1-2-4-19(17)26/h5-7,9-10,12H,1-4,11H2,(H,22,24,25). The van der Waals surface area contributed by atoms with Gasteiger partial charge >= 0.3 is 0 Å². The molecule has 0 atom stereocenters. The molecule has 0 bridgehead atoms. The van der Waals surface area contributed by atoms with Gasteiger partial charge in [-0.1, -0.05) is 5.16 Å². The van der Waals surface area contributed by atoms with Crippen molar-refractivity contribution in [1.82, 2.24) is 15.1 Å². The minimum absolute atomic E-state index is 0.0925. The third kappa shape index (κ3) is 3.99. The topological polar surface area (TPSA) is 114 Å². The highest BCUT2D eigenvalue weighted by Gasteiger charge is 2.18. The second kappa shape index (κ2) is 7.88. The molecule has 1 aromatic carbocycles. The molecule has 0 unspecified atom stereocenters. The lowest BCUT2D eigenvalue weighted by Gasteiger charge is -2.11. The number of rotatable bonds is 5. The van der Waals surface area contributed by atoms with Gasteiger partial charge in [-0.2, -0.15) is 5.26 Å². The summed E-state index contributed by atoms with van der Waals surface area (Å²) in [7, 11) is 0. The van der Waals surface area contributed by atoms with Crippen molar-refractivity contribution in [3.8, 4) is 11.8 Å². The van der Waals surface area contributed by atoms with Crippen molar-refractivity contribution >= 4 is 17.4 Å². The Bertz CT molecular complexity index is 1040. The van der Waals surface area contributed by atoms with Gasteiger partial charge in [0, 0.05) is 29.9 Å². The van der Waals surface area contributed by atoms with Gasteiger partial charge < -0.3 is 14.6 Å². The maximum absolute atomic E-state index is 12.1. The first-order chi connectivity index (χ1) is 13.7. The van der Waals surface area contributed by atoms with E-state index < -0.39 is 0 Å². The lowest BCUT2D eigenvalue weighted by molar-refractivity contribution is 0.0981. The second-order valence-electron chi connectivity index (χ2n) is 6.49. The van der Waals surface area contributed by atoms with Gasteiger partial charge in [-0.25, -0.2) is 9.97 Å². The Balaban J connectivity index is 1.55. The van der Waals surface area contributed by atoms with Crippen molar-refractivity contribution in [3.05, 3.63) is 59.2 Å². The van der Waals surface area contributed by atoms with Gasteiger partial charge in [-0.3, -0.25) is 4.79 Å². The van der Waals surface area contributed by atoms with E-state index in [-0.39, 0.29) is 12.4 Å². The molecule has 0 fully saturated rings. The minimum Gasteiger partial charge on any atom is -0.489 e. The monoisotopic (exact) mass is 375 g/mol. The van der Waals surface area contributed by atoms with E-state index in [0.717, 1.165) is 30.5 Å². The maximum Gasteiger partial charge on any atom is 0.227 e. The fourth-order valence-corrected chi connectivity index (χ4v) is 3.03. The summed E-state index contributed by atoms with van der Waals surface area (Å²) in [6.45, 7) is 0.273. The van der Waals surface area contributed by atoms with Crippen molar-refractivity contribution < 1.29 is 14.1 Å². The SMILES string of the molecule is N#Cc1cc(Nc2ncc3c(n2)CCCCC3=O)cc(OCc2cnoc2)c1. The molecule has 140 valence electrons. The zero-order chi connectivity index (χ0) is 19.3. The van der Waals surface area contributed by atoms with Crippen LogP contribution in [0.4, 0.5) is 11.6 Å². The molecule has 2 aromatic heterocycles. The van der Waals surface area contributed by atoms with E-state index >= 15 is 0 Å². The zero-order valence-corrected chi connectivity index (χ0v) is 15.0. The first-order valence-electron chi connectivity index (χ1n) is 8.93. The number of fused-ring (bicyclic) bond motifs is 1. The molecule has 0 aliphatic heterocycles. The van der Waals surface area contributed by atoms with E-state index in [0.29, 0.717) is 34.9 Å². The number of carbonyl (C=O) groups is 1. The highest BCUT2D eigenvalue weighted by Crippen LogP contribution is 2.25. The molecule has 0 saturated carbocycles. The molecule has 3 aromatic rings. The second-order valence-corrected chi connectivity index (χ2v) is 6.49. The van der Waals surface area contributed by atoms with Crippen LogP contribution in [0.25, 0.3) is 0 Å². The lowest BCUT2D eigenvalue weighted by Crippen LogP contribution is -2.07. The van der Waals surface area contributed by atoms with Crippen molar-refractivity contribution in [2.45, 2.75) is 32.3 Å². The number of hydrogen-bond acceptors (Lipinski definition) is 8. The number of carbonyl (C=O) groups excluding carboxylic acids is 1. The molecule has 28 heavy (non-hydrogen) atoms. The normalized spacial score (nSPS) is 13.3. The van der Waals surface area contributed by atoms with Gasteiger partial charge in [0.15, 0.2) is 5.78 Å². The first-order valence-corrected chi connectivity index (χ1v) is 8.93. The van der Waals surface area contributed by atoms with Crippen molar-refractivity contribution in [3.63, 3.8) is 0 Å². The van der Waals surface area contributed by atoms with Crippen LogP contribution in [0.1, 0.15) is 46.4 Å². The molecule has 8 heteroatoms. The number of Topliss-reactive ketones (excluding diaryl/α,β-unsaturated/α-hetero) is 1. The van der Waals surface area contributed by atoms with Crippen LogP contribution in [0.3, 0.4) is 0 Å². The summed E-state index contributed by atoms with van der Waals surface area (Å²) in [4.78, 5) is 20.9. The fraction of sp³-hybridized carbons (Fsp3) is 0.250. The summed E-state index contributed by atoms with van der Waals surface area (Å²) in [5.41, 5.74) is 3.22. The van der Waals surface area contributed by atoms with E-state index in [2.05, 4.69) is 26.5 Å². The highest BCUT2D eigenvalue weighted by molar-refractivity contribution is 5.97. The Hall–Kier alpha value is -3.73. The van der Waals surface area contributed by atoms with E-state index in [1.165, 1.54) is 6.26 Å². The van der Waals surface area contributed by atoms with Crippen LogP contribution < -0.4 is 10.1 Å². The first kappa shape index (κ1) is 17.7. The zero-order valence-electron chi connectivity index (χ0n) is 15.0. The van der Waals surface area contributed by atoms with Crippen molar-refractivity contribution in [1.29, 1.82) is 5.26 Å². The number of aromatic nitrogens is 3. The molecule has 0 saturated heterocycles. The van der Waals surface area contributed by atoms with Crippen LogP contribution in [-0.2, 0) is 13.0 Å². The minimum atomic E-state index is 0.0925. The van der Waals surface area contributed by atoms with Crippen molar-refractivity contribution in [2.75, 3.05) is 5.32 Å². The van der Waals surface area contributed by atoms with Crippen LogP contribution in [0, 0.1) is 11.3 Å². The van der Waals surface area contributed by atoms with Crippen LogP contribution in [-0.4, -0.2) is 20.9 Å².